The van der Waals surface area contributed by atoms with Gasteiger partial charge in [-0.1, -0.05) is 24.3 Å². The van der Waals surface area contributed by atoms with E-state index in [1.807, 2.05) is 6.07 Å². The van der Waals surface area contributed by atoms with Gasteiger partial charge in [0.2, 0.25) is 0 Å². The van der Waals surface area contributed by atoms with Gasteiger partial charge < -0.3 is 9.73 Å². The average molecular weight is 410 g/mol. The first kappa shape index (κ1) is 18.9. The number of benzene rings is 2. The third-order valence-corrected chi connectivity index (χ3v) is 6.48. The van der Waals surface area contributed by atoms with Crippen LogP contribution in [0.5, 0.6) is 0 Å². The number of carbonyl (C=O) groups excluding carboxylic acids is 2. The molecule has 0 saturated carbocycles. The highest BCUT2D eigenvalue weighted by atomic mass is 32.2. The summed E-state index contributed by atoms with van der Waals surface area (Å²) in [5, 5.41) is 2.80. The van der Waals surface area contributed by atoms with Crippen molar-refractivity contribution < 1.29 is 22.4 Å². The minimum atomic E-state index is -3.86. The molecule has 2 heterocycles. The van der Waals surface area contributed by atoms with Crippen LogP contribution in [0.1, 0.15) is 32.0 Å². The number of furan rings is 1. The lowest BCUT2D eigenvalue weighted by molar-refractivity contribution is 0.0863. The van der Waals surface area contributed by atoms with E-state index in [1.165, 1.54) is 12.1 Å². The van der Waals surface area contributed by atoms with E-state index in [9.17, 15) is 18.0 Å². The van der Waals surface area contributed by atoms with E-state index in [1.54, 1.807) is 48.7 Å². The Bertz CT molecular complexity index is 1150. The second kappa shape index (κ2) is 7.56. The van der Waals surface area contributed by atoms with E-state index in [0.29, 0.717) is 24.1 Å². The van der Waals surface area contributed by atoms with E-state index in [0.717, 1.165) is 10.1 Å². The van der Waals surface area contributed by atoms with Gasteiger partial charge in [0.15, 0.2) is 0 Å². The van der Waals surface area contributed by atoms with Crippen LogP contribution in [0.4, 0.5) is 0 Å². The van der Waals surface area contributed by atoms with Crippen LogP contribution >= 0.6 is 0 Å². The fourth-order valence-electron chi connectivity index (χ4n) is 3.17. The molecule has 1 aromatic heterocycles. The number of sulfonamides is 1. The Morgan fingerprint density at radius 2 is 1.76 bits per heavy atom. The highest BCUT2D eigenvalue weighted by molar-refractivity contribution is 7.90. The van der Waals surface area contributed by atoms with Gasteiger partial charge in [0.05, 0.1) is 18.4 Å². The number of hydrogen-bond donors (Lipinski definition) is 1. The molecule has 0 atom stereocenters. The Morgan fingerprint density at radius 1 is 1.00 bits per heavy atom. The first-order chi connectivity index (χ1) is 14.0. The number of amides is 2. The molecular formula is C21H18N2O5S. The van der Waals surface area contributed by atoms with Gasteiger partial charge in [-0.2, -0.15) is 0 Å². The van der Waals surface area contributed by atoms with Crippen LogP contribution in [0, 0.1) is 0 Å². The Labute approximate surface area is 168 Å². The lowest BCUT2D eigenvalue weighted by atomic mass is 10.1. The third-order valence-electron chi connectivity index (χ3n) is 4.69. The molecule has 7 nitrogen and oxygen atoms in total. The van der Waals surface area contributed by atoms with Crippen LogP contribution in [0.25, 0.3) is 0 Å². The monoisotopic (exact) mass is 410 g/mol. The van der Waals surface area contributed by atoms with E-state index in [4.69, 9.17) is 4.42 Å². The second-order valence-corrected chi connectivity index (χ2v) is 8.43. The molecule has 2 amide bonds. The molecule has 0 spiro atoms. The molecular weight excluding hydrogens is 392 g/mol. The number of nitrogens with one attached hydrogen (secondary N) is 1. The minimum Gasteiger partial charge on any atom is -0.469 e. The maximum absolute atomic E-state index is 12.6. The van der Waals surface area contributed by atoms with Crippen molar-refractivity contribution in [3.05, 3.63) is 89.4 Å². The van der Waals surface area contributed by atoms with Gasteiger partial charge >= 0.3 is 0 Å². The smallest absolute Gasteiger partial charge is 0.269 e. The van der Waals surface area contributed by atoms with Crippen molar-refractivity contribution in [2.24, 2.45) is 0 Å². The van der Waals surface area contributed by atoms with Crippen LogP contribution in [0.3, 0.4) is 0 Å². The fourth-order valence-corrected chi connectivity index (χ4v) is 4.73. The molecule has 0 fully saturated rings. The molecule has 0 radical (unpaired) electrons. The molecule has 1 aliphatic rings. The van der Waals surface area contributed by atoms with Gasteiger partial charge in [-0.3, -0.25) is 9.59 Å². The quantitative estimate of drug-likeness (QED) is 0.674. The van der Waals surface area contributed by atoms with Crippen molar-refractivity contribution in [3.63, 3.8) is 0 Å². The van der Waals surface area contributed by atoms with E-state index < -0.39 is 15.9 Å². The van der Waals surface area contributed by atoms with E-state index in [-0.39, 0.29) is 22.9 Å². The first-order valence-electron chi connectivity index (χ1n) is 9.02. The molecule has 8 heteroatoms. The number of rotatable bonds is 6. The Kier molecular flexibility index (Phi) is 4.94. The van der Waals surface area contributed by atoms with Crippen molar-refractivity contribution in [3.8, 4) is 0 Å². The predicted octanol–water partition coefficient (Wildman–Crippen LogP) is 2.60. The molecule has 29 heavy (non-hydrogen) atoms. The SMILES string of the molecule is O=C(NCCc1ccco1)c1ccc(CN2C(=O)c3ccccc3S2(=O)=O)cc1. The average Bonchev–Trinajstić information content (AvgIpc) is 3.30. The molecule has 0 bridgehead atoms. The first-order valence-corrected chi connectivity index (χ1v) is 10.5. The summed E-state index contributed by atoms with van der Waals surface area (Å²) in [6.45, 7) is 0.350. The van der Waals surface area contributed by atoms with Gasteiger partial charge in [0.25, 0.3) is 21.8 Å². The van der Waals surface area contributed by atoms with Gasteiger partial charge in [-0.05, 0) is 42.0 Å². The summed E-state index contributed by atoms with van der Waals surface area (Å²) in [7, 11) is -3.86. The van der Waals surface area contributed by atoms with Gasteiger partial charge in [-0.15, -0.1) is 0 Å². The summed E-state index contributed by atoms with van der Waals surface area (Å²) >= 11 is 0. The maximum atomic E-state index is 12.6. The van der Waals surface area contributed by atoms with Crippen LogP contribution in [0.15, 0.2) is 76.2 Å². The van der Waals surface area contributed by atoms with Crippen molar-refractivity contribution in [1.29, 1.82) is 0 Å². The normalized spacial score (nSPS) is 14.6. The van der Waals surface area contributed by atoms with Gasteiger partial charge in [0.1, 0.15) is 10.7 Å². The third kappa shape index (κ3) is 3.66. The van der Waals surface area contributed by atoms with Gasteiger partial charge in [-0.25, -0.2) is 12.7 Å². The number of carbonyl (C=O) groups is 2. The van der Waals surface area contributed by atoms with Crippen LogP contribution in [-0.2, 0) is 23.0 Å². The summed E-state index contributed by atoms with van der Waals surface area (Å²) in [4.78, 5) is 24.7. The summed E-state index contributed by atoms with van der Waals surface area (Å²) in [5.74, 6) is 0.0128. The molecule has 4 rings (SSSR count). The van der Waals surface area contributed by atoms with Crippen molar-refractivity contribution in [2.75, 3.05) is 6.54 Å². The zero-order valence-corrected chi connectivity index (χ0v) is 16.2. The molecule has 0 unspecified atom stereocenters. The maximum Gasteiger partial charge on any atom is 0.269 e. The predicted molar refractivity (Wildman–Crippen MR) is 105 cm³/mol. The van der Waals surface area contributed by atoms with Crippen molar-refractivity contribution in [2.45, 2.75) is 17.9 Å². The Hall–Kier alpha value is -3.39. The van der Waals surface area contributed by atoms with Crippen LogP contribution < -0.4 is 5.32 Å². The van der Waals surface area contributed by atoms with Crippen LogP contribution in [0.2, 0.25) is 0 Å². The molecule has 1 N–H and O–H groups in total. The highest BCUT2D eigenvalue weighted by Crippen LogP contribution is 2.31. The molecule has 3 aromatic rings. The topological polar surface area (TPSA) is 96.7 Å². The van der Waals surface area contributed by atoms with Crippen LogP contribution in [-0.4, -0.2) is 31.1 Å². The van der Waals surface area contributed by atoms with Crippen molar-refractivity contribution >= 4 is 21.8 Å². The summed E-state index contributed by atoms with van der Waals surface area (Å²) in [6, 6.07) is 16.3. The zero-order chi connectivity index (χ0) is 20.4. The lowest BCUT2D eigenvalue weighted by Crippen LogP contribution is -2.29. The number of hydrogen-bond acceptors (Lipinski definition) is 5. The number of fused-ring (bicyclic) bond motifs is 1. The molecule has 0 saturated heterocycles. The lowest BCUT2D eigenvalue weighted by Gasteiger charge is -2.15. The summed E-state index contributed by atoms with van der Waals surface area (Å²) in [5.41, 5.74) is 1.24. The molecule has 2 aromatic carbocycles. The Balaban J connectivity index is 1.41. The molecule has 148 valence electrons. The van der Waals surface area contributed by atoms with E-state index in [2.05, 4.69) is 5.32 Å². The highest BCUT2D eigenvalue weighted by Gasteiger charge is 2.40. The standard InChI is InChI=1S/C21H18N2O5S/c24-20(22-12-11-17-4-3-13-28-17)16-9-7-15(8-10-16)14-23-21(25)18-5-1-2-6-19(18)29(23,26)27/h1-10,13H,11-12,14H2,(H,22,24). The largest absolute Gasteiger partial charge is 0.469 e. The molecule has 0 aliphatic carbocycles. The van der Waals surface area contributed by atoms with E-state index >= 15 is 0 Å². The number of nitrogens with zero attached hydrogens (tertiary/aromatic N) is 1. The molecule has 1 aliphatic heterocycles. The zero-order valence-electron chi connectivity index (χ0n) is 15.4. The summed E-state index contributed by atoms with van der Waals surface area (Å²) < 4.78 is 31.3. The second-order valence-electron chi connectivity index (χ2n) is 6.60. The summed E-state index contributed by atoms with van der Waals surface area (Å²) in [6.07, 6.45) is 2.17. The Morgan fingerprint density at radius 3 is 2.45 bits per heavy atom. The van der Waals surface area contributed by atoms with Crippen molar-refractivity contribution in [1.82, 2.24) is 9.62 Å². The fraction of sp³-hybridized carbons (Fsp3) is 0.143. The van der Waals surface area contributed by atoms with Gasteiger partial charge in [0, 0.05) is 18.5 Å². The minimum absolute atomic E-state index is 0.0255.